The molecule has 0 aliphatic heterocycles. The van der Waals surface area contributed by atoms with Crippen molar-refractivity contribution in [1.29, 1.82) is 0 Å². The van der Waals surface area contributed by atoms with Crippen LogP contribution in [0.3, 0.4) is 0 Å². The largest absolute Gasteiger partial charge is 0.454 e. The van der Waals surface area contributed by atoms with E-state index in [0.717, 1.165) is 127 Å². The summed E-state index contributed by atoms with van der Waals surface area (Å²) in [7, 11) is 0. The van der Waals surface area contributed by atoms with Crippen molar-refractivity contribution in [3.05, 3.63) is 282 Å². The minimum atomic E-state index is -0.180. The second-order valence-electron chi connectivity index (χ2n) is 25.0. The lowest BCUT2D eigenvalue weighted by Crippen LogP contribution is -2.14. The molecule has 0 fully saturated rings. The van der Waals surface area contributed by atoms with Gasteiger partial charge in [-0.1, -0.05) is 258 Å². The Kier molecular flexibility index (Phi) is 11.6. The molecule has 0 spiro atoms. The fourth-order valence-corrected chi connectivity index (χ4v) is 15.2. The molecule has 6 aromatic heterocycles. The Morgan fingerprint density at radius 2 is 0.835 bits per heavy atom. The van der Waals surface area contributed by atoms with E-state index in [9.17, 15) is 0 Å². The van der Waals surface area contributed by atoms with Gasteiger partial charge < -0.3 is 13.8 Å². The van der Waals surface area contributed by atoms with Crippen LogP contribution in [-0.2, 0) is 10.8 Å². The van der Waals surface area contributed by atoms with Crippen LogP contribution in [0.5, 0.6) is 0 Å². The number of aromatic amines is 1. The van der Waals surface area contributed by atoms with Crippen molar-refractivity contribution in [1.82, 2.24) is 29.5 Å². The van der Waals surface area contributed by atoms with E-state index in [-0.39, 0.29) is 16.1 Å². The predicted octanol–water partition coefficient (Wildman–Crippen LogP) is 22.1. The summed E-state index contributed by atoms with van der Waals surface area (Å²) in [6.45, 7) is 9.19. The van der Waals surface area contributed by atoms with Gasteiger partial charge in [-0.2, -0.15) is 0 Å². The van der Waals surface area contributed by atoms with E-state index in [1.165, 1.54) is 49.5 Å². The van der Waals surface area contributed by atoms with Gasteiger partial charge in [0, 0.05) is 104 Å². The number of furan rings is 2. The highest BCUT2D eigenvalue weighted by Gasteiger charge is 2.42. The molecule has 0 radical (unpaired) electrons. The second kappa shape index (κ2) is 19.9. The van der Waals surface area contributed by atoms with Gasteiger partial charge in [0.1, 0.15) is 17.0 Å². The zero-order valence-corrected chi connectivity index (χ0v) is 50.9. The maximum Gasteiger partial charge on any atom is 0.235 e. The lowest BCUT2D eigenvalue weighted by atomic mass is 9.81. The Hall–Kier alpha value is -11.2. The van der Waals surface area contributed by atoms with E-state index in [1.807, 2.05) is 48.5 Å². The quantitative estimate of drug-likeness (QED) is 0.140. The third-order valence-corrected chi connectivity index (χ3v) is 19.4. The fraction of sp³-hybridized carbons (Fsp3) is 0.0732. The Morgan fingerprint density at radius 1 is 0.374 bits per heavy atom. The Morgan fingerprint density at radius 3 is 1.46 bits per heavy atom. The summed E-state index contributed by atoms with van der Waals surface area (Å²) < 4.78 is 15.7. The van der Waals surface area contributed by atoms with Crippen molar-refractivity contribution < 1.29 is 8.83 Å². The molecule has 0 bridgehead atoms. The number of rotatable bonds is 3. The number of fused-ring (bicyclic) bond motifs is 24. The molecule has 6 heterocycles. The summed E-state index contributed by atoms with van der Waals surface area (Å²) in [6, 6.07) is 88.8. The average Bonchev–Trinajstić information content (AvgIpc) is 1.55. The lowest BCUT2D eigenvalue weighted by Gasteiger charge is -2.20. The van der Waals surface area contributed by atoms with Gasteiger partial charge in [0.2, 0.25) is 11.2 Å². The molecule has 0 saturated heterocycles. The van der Waals surface area contributed by atoms with Crippen molar-refractivity contribution in [2.24, 2.45) is 0 Å². The first-order valence-electron chi connectivity index (χ1n) is 30.9. The monoisotopic (exact) mass is 1190 g/mol. The zero-order valence-electron chi connectivity index (χ0n) is 50.2. The van der Waals surface area contributed by atoms with E-state index in [1.54, 1.807) is 0 Å². The van der Waals surface area contributed by atoms with Crippen LogP contribution in [0.15, 0.2) is 264 Å². The molecule has 0 saturated carbocycles. The van der Waals surface area contributed by atoms with Crippen LogP contribution in [0, 0.1) is 0 Å². The normalized spacial score (nSPS) is 13.5. The summed E-state index contributed by atoms with van der Waals surface area (Å²) >= 11 is 6.15. The predicted molar refractivity (Wildman–Crippen MR) is 375 cm³/mol. The van der Waals surface area contributed by atoms with Crippen LogP contribution in [0.1, 0.15) is 49.9 Å². The first-order valence-corrected chi connectivity index (χ1v) is 31.3. The van der Waals surface area contributed by atoms with Crippen molar-refractivity contribution >= 4 is 121 Å². The van der Waals surface area contributed by atoms with E-state index in [0.29, 0.717) is 5.95 Å². The molecule has 8 nitrogen and oxygen atoms in total. The second-order valence-corrected chi connectivity index (χ2v) is 25.3. The SMILES string of the molecule is CC1(C)c2ccccc2-c2oc3c(ccc4c5ccccc5[nH]c43)c21.CC1(C)c2ccccc2-c2oc3c(ccc4c5ccccc5n(-c5nc(-c6ccccc6)c6ccc7ccccc7c6n5)c43)c21.Clc1nc(-c2ccccc2)c2ccc3ccccc3c2n1. The third kappa shape index (κ3) is 7.89. The Labute approximate surface area is 527 Å². The van der Waals surface area contributed by atoms with Crippen LogP contribution < -0.4 is 0 Å². The van der Waals surface area contributed by atoms with Crippen LogP contribution >= 0.6 is 11.6 Å². The van der Waals surface area contributed by atoms with Crippen molar-refractivity contribution in [2.45, 2.75) is 38.5 Å². The molecule has 432 valence electrons. The maximum atomic E-state index is 6.97. The molecule has 18 aromatic rings. The number of halogens is 1. The highest BCUT2D eigenvalue weighted by atomic mass is 35.5. The first kappa shape index (κ1) is 52.9. The van der Waals surface area contributed by atoms with E-state index in [4.69, 9.17) is 30.4 Å². The molecule has 2 aliphatic rings. The number of nitrogens with zero attached hydrogens (tertiary/aromatic N) is 5. The molecule has 1 N–H and O–H groups in total. The minimum absolute atomic E-state index is 0.0448. The number of H-pyrrole nitrogens is 1. The summed E-state index contributed by atoms with van der Waals surface area (Å²) in [5.41, 5.74) is 19.2. The number of hydrogen-bond donors (Lipinski definition) is 1. The van der Waals surface area contributed by atoms with Gasteiger partial charge in [0.15, 0.2) is 11.2 Å². The molecule has 0 amide bonds. The third-order valence-electron chi connectivity index (χ3n) is 19.2. The highest BCUT2D eigenvalue weighted by Crippen LogP contribution is 2.56. The summed E-state index contributed by atoms with van der Waals surface area (Å²) in [4.78, 5) is 23.2. The summed E-state index contributed by atoms with van der Waals surface area (Å²) in [5.74, 6) is 2.62. The van der Waals surface area contributed by atoms with Crippen molar-refractivity contribution in [2.75, 3.05) is 0 Å². The maximum absolute atomic E-state index is 6.97. The minimum Gasteiger partial charge on any atom is -0.454 e. The molecule has 0 unspecified atom stereocenters. The molecular weight excluding hydrogens is 1140 g/mol. The smallest absolute Gasteiger partial charge is 0.235 e. The van der Waals surface area contributed by atoms with Crippen molar-refractivity contribution in [3.8, 4) is 51.1 Å². The molecule has 20 rings (SSSR count). The highest BCUT2D eigenvalue weighted by molar-refractivity contribution is 6.29. The van der Waals surface area contributed by atoms with Crippen LogP contribution in [0.4, 0.5) is 0 Å². The van der Waals surface area contributed by atoms with Gasteiger partial charge in [0.25, 0.3) is 0 Å². The van der Waals surface area contributed by atoms with Gasteiger partial charge in [-0.15, -0.1) is 0 Å². The molecule has 91 heavy (non-hydrogen) atoms. The number of hydrogen-bond acceptors (Lipinski definition) is 6. The van der Waals surface area contributed by atoms with E-state index >= 15 is 0 Å². The number of aromatic nitrogens is 6. The van der Waals surface area contributed by atoms with Crippen LogP contribution in [0.2, 0.25) is 5.28 Å². The lowest BCUT2D eigenvalue weighted by molar-refractivity contribution is 0.620. The standard InChI is InChI=1S/C41H27N3O.C23H17NO.C18H11ClN2/c1-41(2)32-18-10-8-17-29(32)38-34(41)30-23-22-28-27-16-9-11-19-33(27)44(37(28)39(30)45-38)40-42-35(25-13-4-3-5-14-25)31-21-20-24-12-6-7-15-26(24)36(31)43-40;1-23(2)17-9-5-3-8-15(17)21-19(23)16-12-11-14-13-7-4-6-10-18(13)24-20(14)22(16)25-21;19-18-20-16(13-7-2-1-3-8-13)15-11-10-12-6-4-5-9-14(12)17(15)21-18/h3-23H,1-2H3;3-12,24H,1-2H3;1-11H. The van der Waals surface area contributed by atoms with E-state index in [2.05, 4.69) is 253 Å². The molecule has 2 aliphatic carbocycles. The zero-order chi connectivity index (χ0) is 60.9. The topological polar surface area (TPSA) is 98.6 Å². The molecule has 0 atom stereocenters. The number of para-hydroxylation sites is 2. The van der Waals surface area contributed by atoms with Gasteiger partial charge in [-0.05, 0) is 57.8 Å². The number of benzene rings is 12. The molecule has 9 heteroatoms. The van der Waals surface area contributed by atoms with Gasteiger partial charge in [-0.25, -0.2) is 19.9 Å². The summed E-state index contributed by atoms with van der Waals surface area (Å²) in [6.07, 6.45) is 0. The van der Waals surface area contributed by atoms with Crippen LogP contribution in [-0.4, -0.2) is 29.5 Å². The first-order chi connectivity index (χ1) is 44.6. The van der Waals surface area contributed by atoms with E-state index < -0.39 is 0 Å². The van der Waals surface area contributed by atoms with Gasteiger partial charge >= 0.3 is 0 Å². The van der Waals surface area contributed by atoms with Gasteiger partial charge in [0.05, 0.1) is 33.5 Å². The molecular formula is C82H55ClN6O2. The van der Waals surface area contributed by atoms with Gasteiger partial charge in [-0.3, -0.25) is 4.57 Å². The number of nitrogens with one attached hydrogen (secondary N) is 1. The van der Waals surface area contributed by atoms with Crippen molar-refractivity contribution in [3.63, 3.8) is 0 Å². The van der Waals surface area contributed by atoms with Crippen LogP contribution in [0.25, 0.3) is 160 Å². The molecule has 12 aromatic carbocycles. The Balaban J connectivity index is 0.000000112. The summed E-state index contributed by atoms with van der Waals surface area (Å²) in [5, 5.41) is 13.9. The Bertz CT molecular complexity index is 6050. The fourth-order valence-electron chi connectivity index (χ4n) is 15.0. The average molecular weight is 1190 g/mol.